The van der Waals surface area contributed by atoms with E-state index in [1.165, 1.54) is 30.3 Å². The molecule has 1 aliphatic rings. The molecule has 3 nitrogen and oxygen atoms in total. The molecular formula is C18H25BrN2O. The molecule has 0 radical (unpaired) electrons. The molecule has 1 fully saturated rings. The van der Waals surface area contributed by atoms with Crippen molar-refractivity contribution in [3.05, 3.63) is 34.4 Å². The van der Waals surface area contributed by atoms with Gasteiger partial charge in [0.05, 0.1) is 5.52 Å². The first-order chi connectivity index (χ1) is 10.6. The van der Waals surface area contributed by atoms with Gasteiger partial charge in [0.15, 0.2) is 0 Å². The standard InChI is InChI=1S/C16H19BrN2O.C2H6/c1-11(20)19-10-12(8-14-4-3-7-18(14)2)15-9-13(17)5-6-16(15)19;1-2/h5-6,9-10,14H,3-4,7-8H2,1-2H3;1-2H3. The van der Waals surface area contributed by atoms with Gasteiger partial charge in [-0.1, -0.05) is 29.8 Å². The number of benzene rings is 1. The smallest absolute Gasteiger partial charge is 0.227 e. The molecule has 0 amide bonds. The fourth-order valence-electron chi connectivity index (χ4n) is 3.18. The van der Waals surface area contributed by atoms with Gasteiger partial charge in [0.25, 0.3) is 0 Å². The summed E-state index contributed by atoms with van der Waals surface area (Å²) in [6.45, 7) is 6.80. The summed E-state index contributed by atoms with van der Waals surface area (Å²) < 4.78 is 2.83. The van der Waals surface area contributed by atoms with E-state index in [1.807, 2.05) is 32.2 Å². The molecule has 120 valence electrons. The minimum Gasteiger partial charge on any atom is -0.303 e. The van der Waals surface area contributed by atoms with Gasteiger partial charge in [0, 0.05) is 29.0 Å². The van der Waals surface area contributed by atoms with E-state index >= 15 is 0 Å². The van der Waals surface area contributed by atoms with Gasteiger partial charge in [-0.25, -0.2) is 0 Å². The number of nitrogens with zero attached hydrogens (tertiary/aromatic N) is 2. The zero-order valence-electron chi connectivity index (χ0n) is 13.9. The minimum atomic E-state index is 0.0725. The lowest BCUT2D eigenvalue weighted by Crippen LogP contribution is -2.26. The maximum Gasteiger partial charge on any atom is 0.227 e. The first-order valence-corrected chi connectivity index (χ1v) is 8.86. The average molecular weight is 365 g/mol. The third-order valence-corrected chi connectivity index (χ3v) is 4.81. The van der Waals surface area contributed by atoms with Gasteiger partial charge in [0.2, 0.25) is 5.91 Å². The van der Waals surface area contributed by atoms with Crippen molar-refractivity contribution in [3.8, 4) is 0 Å². The van der Waals surface area contributed by atoms with E-state index in [-0.39, 0.29) is 5.91 Å². The second-order valence-electron chi connectivity index (χ2n) is 5.69. The molecule has 2 heterocycles. The van der Waals surface area contributed by atoms with Crippen molar-refractivity contribution in [2.45, 2.75) is 46.1 Å². The van der Waals surface area contributed by atoms with Crippen LogP contribution in [0.1, 0.15) is 44.0 Å². The summed E-state index contributed by atoms with van der Waals surface area (Å²) in [5.41, 5.74) is 2.28. The third-order valence-electron chi connectivity index (χ3n) is 4.32. The highest BCUT2D eigenvalue weighted by molar-refractivity contribution is 9.10. The summed E-state index contributed by atoms with van der Waals surface area (Å²) in [6, 6.07) is 6.73. The molecule has 1 saturated heterocycles. The molecule has 1 atom stereocenters. The van der Waals surface area contributed by atoms with Gasteiger partial charge in [-0.2, -0.15) is 0 Å². The summed E-state index contributed by atoms with van der Waals surface area (Å²) in [5, 5.41) is 1.19. The average Bonchev–Trinajstić information content (AvgIpc) is 3.06. The number of fused-ring (bicyclic) bond motifs is 1. The van der Waals surface area contributed by atoms with E-state index in [4.69, 9.17) is 0 Å². The molecule has 0 N–H and O–H groups in total. The zero-order valence-corrected chi connectivity index (χ0v) is 15.5. The Morgan fingerprint density at radius 3 is 2.68 bits per heavy atom. The van der Waals surface area contributed by atoms with Crippen LogP contribution in [0.2, 0.25) is 0 Å². The third kappa shape index (κ3) is 3.44. The Morgan fingerprint density at radius 1 is 1.36 bits per heavy atom. The highest BCUT2D eigenvalue weighted by atomic mass is 79.9. The SMILES string of the molecule is CC.CC(=O)n1cc(CC2CCCN2C)c2cc(Br)ccc21. The van der Waals surface area contributed by atoms with Crippen LogP contribution in [0.5, 0.6) is 0 Å². The molecular weight excluding hydrogens is 340 g/mol. The molecule has 1 aromatic heterocycles. The van der Waals surface area contributed by atoms with Crippen LogP contribution >= 0.6 is 15.9 Å². The summed E-state index contributed by atoms with van der Waals surface area (Å²) in [6.07, 6.45) is 5.56. The van der Waals surface area contributed by atoms with E-state index in [2.05, 4.69) is 33.9 Å². The van der Waals surface area contributed by atoms with Gasteiger partial charge in [-0.05, 0) is 56.6 Å². The Morgan fingerprint density at radius 2 is 2.09 bits per heavy atom. The number of carbonyl (C=O) groups is 1. The van der Waals surface area contributed by atoms with Gasteiger partial charge < -0.3 is 4.90 Å². The molecule has 22 heavy (non-hydrogen) atoms. The second kappa shape index (κ2) is 7.42. The Labute approximate surface area is 141 Å². The molecule has 0 aliphatic carbocycles. The van der Waals surface area contributed by atoms with Crippen LogP contribution in [0.15, 0.2) is 28.9 Å². The number of likely N-dealkylation sites (tertiary alicyclic amines) is 1. The van der Waals surface area contributed by atoms with Crippen molar-refractivity contribution < 1.29 is 4.79 Å². The van der Waals surface area contributed by atoms with Gasteiger partial charge in [-0.3, -0.25) is 9.36 Å². The number of likely N-dealkylation sites (N-methyl/N-ethyl adjacent to an activating group) is 1. The van der Waals surface area contributed by atoms with Crippen molar-refractivity contribution >= 4 is 32.7 Å². The Kier molecular flexibility index (Phi) is 5.81. The molecule has 4 heteroatoms. The molecule has 0 saturated carbocycles. The molecule has 1 aromatic carbocycles. The number of carbonyl (C=O) groups excluding carboxylic acids is 1. The fourth-order valence-corrected chi connectivity index (χ4v) is 3.55. The normalized spacial score (nSPS) is 18.3. The van der Waals surface area contributed by atoms with Gasteiger partial charge in [0.1, 0.15) is 0 Å². The minimum absolute atomic E-state index is 0.0725. The monoisotopic (exact) mass is 364 g/mol. The first kappa shape index (κ1) is 17.2. The van der Waals surface area contributed by atoms with Crippen LogP contribution in [0, 0.1) is 0 Å². The fraction of sp³-hybridized carbons (Fsp3) is 0.500. The van der Waals surface area contributed by atoms with Crippen LogP contribution in [0.4, 0.5) is 0 Å². The lowest BCUT2D eigenvalue weighted by atomic mass is 10.0. The van der Waals surface area contributed by atoms with Crippen LogP contribution in [-0.4, -0.2) is 35.0 Å². The Hall–Kier alpha value is -1.13. The van der Waals surface area contributed by atoms with E-state index in [9.17, 15) is 4.79 Å². The van der Waals surface area contributed by atoms with Gasteiger partial charge in [-0.15, -0.1) is 0 Å². The topological polar surface area (TPSA) is 25.2 Å². The summed E-state index contributed by atoms with van der Waals surface area (Å²) >= 11 is 3.53. The van der Waals surface area contributed by atoms with Crippen LogP contribution in [0.25, 0.3) is 10.9 Å². The summed E-state index contributed by atoms with van der Waals surface area (Å²) in [5.74, 6) is 0.0725. The van der Waals surface area contributed by atoms with Crippen molar-refractivity contribution in [2.24, 2.45) is 0 Å². The number of hydrogen-bond donors (Lipinski definition) is 0. The largest absolute Gasteiger partial charge is 0.303 e. The van der Waals surface area contributed by atoms with E-state index in [0.717, 1.165) is 16.4 Å². The van der Waals surface area contributed by atoms with Crippen molar-refractivity contribution in [1.82, 2.24) is 9.47 Å². The molecule has 1 unspecified atom stereocenters. The van der Waals surface area contributed by atoms with Crippen molar-refractivity contribution in [1.29, 1.82) is 0 Å². The lowest BCUT2D eigenvalue weighted by Gasteiger charge is -2.18. The molecule has 2 aromatic rings. The quantitative estimate of drug-likeness (QED) is 0.769. The number of rotatable bonds is 2. The maximum atomic E-state index is 11.8. The van der Waals surface area contributed by atoms with Crippen LogP contribution < -0.4 is 0 Å². The predicted octanol–water partition coefficient (Wildman–Crippen LogP) is 4.73. The number of halogens is 1. The summed E-state index contributed by atoms with van der Waals surface area (Å²) in [7, 11) is 2.19. The first-order valence-electron chi connectivity index (χ1n) is 8.07. The van der Waals surface area contributed by atoms with Gasteiger partial charge >= 0.3 is 0 Å². The predicted molar refractivity (Wildman–Crippen MR) is 96.6 cm³/mol. The molecule has 0 spiro atoms. The highest BCUT2D eigenvalue weighted by Gasteiger charge is 2.23. The van der Waals surface area contributed by atoms with E-state index in [1.54, 1.807) is 11.5 Å². The molecule has 1 aliphatic heterocycles. The number of aromatic nitrogens is 1. The summed E-state index contributed by atoms with van der Waals surface area (Å²) in [4.78, 5) is 14.2. The molecule has 0 bridgehead atoms. The lowest BCUT2D eigenvalue weighted by molar-refractivity contribution is 0.0941. The maximum absolute atomic E-state index is 11.8. The zero-order chi connectivity index (χ0) is 16.3. The van der Waals surface area contributed by atoms with Crippen molar-refractivity contribution in [3.63, 3.8) is 0 Å². The Bertz CT molecular complexity index is 662. The Balaban J connectivity index is 0.000000847. The highest BCUT2D eigenvalue weighted by Crippen LogP contribution is 2.28. The van der Waals surface area contributed by atoms with E-state index in [0.29, 0.717) is 6.04 Å². The molecule has 3 rings (SSSR count). The van der Waals surface area contributed by atoms with Crippen molar-refractivity contribution in [2.75, 3.05) is 13.6 Å². The second-order valence-corrected chi connectivity index (χ2v) is 6.60. The number of hydrogen-bond acceptors (Lipinski definition) is 2. The van der Waals surface area contributed by atoms with Crippen LogP contribution in [-0.2, 0) is 6.42 Å². The van der Waals surface area contributed by atoms with E-state index < -0.39 is 0 Å². The van der Waals surface area contributed by atoms with Crippen LogP contribution in [0.3, 0.4) is 0 Å².